The maximum atomic E-state index is 12.8. The van der Waals surface area contributed by atoms with Gasteiger partial charge < -0.3 is 25.4 Å². The summed E-state index contributed by atoms with van der Waals surface area (Å²) in [6.07, 6.45) is 6.69. The molecule has 4 rings (SSSR count). The molecule has 1 aliphatic carbocycles. The lowest BCUT2D eigenvalue weighted by Gasteiger charge is -2.26. The van der Waals surface area contributed by atoms with E-state index >= 15 is 0 Å². The number of rotatable bonds is 12. The van der Waals surface area contributed by atoms with Gasteiger partial charge in [-0.2, -0.15) is 0 Å². The molecule has 40 heavy (non-hydrogen) atoms. The molecular weight excluding hydrogens is 512 g/mol. The minimum absolute atomic E-state index is 0.145. The molecule has 1 aromatic carbocycles. The van der Waals surface area contributed by atoms with Gasteiger partial charge >= 0.3 is 0 Å². The Balaban J connectivity index is 0.000000472. The van der Waals surface area contributed by atoms with Crippen LogP contribution in [0.2, 0.25) is 0 Å². The quantitative estimate of drug-likeness (QED) is 0.263. The Hall–Kier alpha value is -3.08. The van der Waals surface area contributed by atoms with Gasteiger partial charge in [-0.25, -0.2) is 0 Å². The monoisotopic (exact) mass is 556 g/mol. The molecule has 3 N–H and O–H groups in total. The third-order valence-electron chi connectivity index (χ3n) is 7.27. The highest BCUT2D eigenvalue weighted by atomic mass is 16.6. The molecule has 10 nitrogen and oxygen atoms in total. The first-order valence-corrected chi connectivity index (χ1v) is 14.3. The third-order valence-corrected chi connectivity index (χ3v) is 7.27. The summed E-state index contributed by atoms with van der Waals surface area (Å²) < 4.78 is 10.5. The fourth-order valence-corrected chi connectivity index (χ4v) is 4.61. The summed E-state index contributed by atoms with van der Waals surface area (Å²) in [5, 5.41) is 7.92. The highest BCUT2D eigenvalue weighted by Crippen LogP contribution is 2.31. The topological polar surface area (TPSA) is 129 Å². The van der Waals surface area contributed by atoms with E-state index in [1.807, 2.05) is 11.0 Å². The largest absolute Gasteiger partial charge is 0.379 e. The van der Waals surface area contributed by atoms with Crippen molar-refractivity contribution in [2.45, 2.75) is 70.6 Å². The molecule has 3 aliphatic rings. The molecule has 0 bridgehead atoms. The number of hydrogen-bond acceptors (Lipinski definition) is 7. The second-order valence-corrected chi connectivity index (χ2v) is 10.7. The fraction of sp³-hybridized carbons (Fsp3) is 0.600. The van der Waals surface area contributed by atoms with Gasteiger partial charge in [0, 0.05) is 13.1 Å². The molecule has 0 aromatic heterocycles. The van der Waals surface area contributed by atoms with Crippen LogP contribution in [0.5, 0.6) is 0 Å². The zero-order valence-electron chi connectivity index (χ0n) is 24.0. The summed E-state index contributed by atoms with van der Waals surface area (Å²) in [4.78, 5) is 51.6. The van der Waals surface area contributed by atoms with Crippen molar-refractivity contribution in [2.75, 3.05) is 46.0 Å². The molecule has 2 fully saturated rings. The van der Waals surface area contributed by atoms with Crippen molar-refractivity contribution in [2.24, 2.45) is 0 Å². The van der Waals surface area contributed by atoms with E-state index in [1.165, 1.54) is 5.56 Å². The average molecular weight is 557 g/mol. The zero-order chi connectivity index (χ0) is 29.0. The molecule has 2 saturated heterocycles. The zero-order valence-corrected chi connectivity index (χ0v) is 24.0. The predicted molar refractivity (Wildman–Crippen MR) is 152 cm³/mol. The van der Waals surface area contributed by atoms with Crippen molar-refractivity contribution in [3.63, 3.8) is 0 Å². The lowest BCUT2D eigenvalue weighted by Crippen LogP contribution is -2.52. The Bertz CT molecular complexity index is 1030. The van der Waals surface area contributed by atoms with Crippen molar-refractivity contribution in [1.29, 1.82) is 0 Å². The molecule has 0 saturated carbocycles. The van der Waals surface area contributed by atoms with E-state index in [4.69, 9.17) is 9.47 Å². The van der Waals surface area contributed by atoms with Gasteiger partial charge in [0.1, 0.15) is 11.6 Å². The number of morpholine rings is 1. The molecule has 2 unspecified atom stereocenters. The molecule has 3 amide bonds. The molecular formula is C30H44N4O6. The second kappa shape index (κ2) is 15.6. The maximum absolute atomic E-state index is 12.8. The van der Waals surface area contributed by atoms with Crippen LogP contribution in [0.25, 0.3) is 0 Å². The molecule has 10 heteroatoms. The number of benzene rings is 1. The Labute approximate surface area is 237 Å². The van der Waals surface area contributed by atoms with E-state index in [9.17, 15) is 19.2 Å². The lowest BCUT2D eigenvalue weighted by atomic mass is 9.94. The summed E-state index contributed by atoms with van der Waals surface area (Å²) >= 11 is 0. The predicted octanol–water partition coefficient (Wildman–Crippen LogP) is 1.53. The van der Waals surface area contributed by atoms with Crippen LogP contribution in [0.4, 0.5) is 0 Å². The first-order valence-electron chi connectivity index (χ1n) is 14.3. The van der Waals surface area contributed by atoms with Crippen molar-refractivity contribution in [3.8, 4) is 0 Å². The molecule has 0 spiro atoms. The average Bonchev–Trinajstić information content (AvgIpc) is 3.50. The minimum Gasteiger partial charge on any atom is -0.379 e. The Morgan fingerprint density at radius 3 is 2.33 bits per heavy atom. The second-order valence-electron chi connectivity index (χ2n) is 10.7. The van der Waals surface area contributed by atoms with Gasteiger partial charge in [-0.05, 0) is 51.5 Å². The fourth-order valence-electron chi connectivity index (χ4n) is 4.61. The Morgan fingerprint density at radius 2 is 1.75 bits per heavy atom. The Kier molecular flexibility index (Phi) is 12.3. The molecule has 1 aromatic rings. The number of nitrogens with zero attached hydrogens (tertiary/aromatic N) is 1. The number of nitrogens with one attached hydrogen (secondary N) is 3. The van der Waals surface area contributed by atoms with E-state index in [0.717, 1.165) is 31.3 Å². The summed E-state index contributed by atoms with van der Waals surface area (Å²) in [5.74, 6) is -1.32. The van der Waals surface area contributed by atoms with Gasteiger partial charge in [-0.15, -0.1) is 0 Å². The van der Waals surface area contributed by atoms with Crippen LogP contribution in [-0.4, -0.2) is 92.1 Å². The number of carbonyl (C=O) groups is 4. The van der Waals surface area contributed by atoms with Crippen LogP contribution in [-0.2, 0) is 35.1 Å². The number of amides is 3. The number of aryl methyl sites for hydroxylation is 1. The van der Waals surface area contributed by atoms with Gasteiger partial charge in [-0.1, -0.05) is 48.9 Å². The Morgan fingerprint density at radius 1 is 1.05 bits per heavy atom. The number of epoxide rings is 1. The van der Waals surface area contributed by atoms with Gasteiger partial charge in [0.05, 0.1) is 39.0 Å². The number of carbonyl (C=O) groups excluding carboxylic acids is 4. The van der Waals surface area contributed by atoms with Crippen LogP contribution >= 0.6 is 0 Å². The van der Waals surface area contributed by atoms with Gasteiger partial charge in [0.25, 0.3) is 0 Å². The summed E-state index contributed by atoms with van der Waals surface area (Å²) in [6, 6.07) is 9.00. The van der Waals surface area contributed by atoms with Gasteiger partial charge in [-0.3, -0.25) is 24.1 Å². The normalized spacial score (nSPS) is 21.6. The highest BCUT2D eigenvalue weighted by Gasteiger charge is 2.50. The van der Waals surface area contributed by atoms with Crippen LogP contribution < -0.4 is 16.0 Å². The molecule has 220 valence electrons. The molecule has 3 atom stereocenters. The number of allylic oxidation sites excluding steroid dienone is 1. The molecule has 0 radical (unpaired) electrons. The number of Topliss-reactive ketones (excluding diaryl/α,β-unsaturated/α-hetero) is 1. The van der Waals surface area contributed by atoms with Crippen molar-refractivity contribution in [1.82, 2.24) is 20.9 Å². The van der Waals surface area contributed by atoms with E-state index in [0.29, 0.717) is 39.3 Å². The van der Waals surface area contributed by atoms with Crippen LogP contribution in [0.3, 0.4) is 0 Å². The van der Waals surface area contributed by atoms with E-state index in [1.54, 1.807) is 13.8 Å². The van der Waals surface area contributed by atoms with Crippen LogP contribution in [0, 0.1) is 0 Å². The maximum Gasteiger partial charge on any atom is 0.242 e. The van der Waals surface area contributed by atoms with Crippen LogP contribution in [0.1, 0.15) is 52.0 Å². The van der Waals surface area contributed by atoms with E-state index in [-0.39, 0.29) is 24.8 Å². The first kappa shape index (κ1) is 31.4. The molecule has 2 heterocycles. The number of ether oxygens (including phenoxy) is 2. The smallest absolute Gasteiger partial charge is 0.242 e. The highest BCUT2D eigenvalue weighted by molar-refractivity contribution is 5.97. The lowest BCUT2D eigenvalue weighted by molar-refractivity contribution is -0.132. The minimum atomic E-state index is -0.834. The third kappa shape index (κ3) is 10.5. The summed E-state index contributed by atoms with van der Waals surface area (Å²) in [5.41, 5.74) is 1.74. The first-order chi connectivity index (χ1) is 19.2. The van der Waals surface area contributed by atoms with E-state index in [2.05, 4.69) is 53.2 Å². The number of hydrogen-bond donors (Lipinski definition) is 3. The standard InChI is InChI=1S/C22H34N4O6.C8H10/c1-15(24-19(28)13-26-7-9-31-10-8-26)21(30)23-12-18(27)25-17(11-16-5-3-4-6-16)20(29)22(2)14-32-22;1-2-8-6-4-3-5-7-8/h5,15,17H,3-4,6-14H2,1-2H3,(H,23,30)(H,24,28)(H,25,27);3-7H,2H2,1H3/t15?,17-,22?;/m0./s1. The molecule has 2 aliphatic heterocycles. The SMILES string of the molecule is CC(NC(=O)CN1CCOCC1)C(=O)NCC(=O)N[C@@H](CC1=CCCC1)C(=O)C1(C)CO1.CCc1ccccc1. The number of ketones is 1. The van der Waals surface area contributed by atoms with Crippen molar-refractivity contribution in [3.05, 3.63) is 47.5 Å². The van der Waals surface area contributed by atoms with E-state index < -0.39 is 29.5 Å². The van der Waals surface area contributed by atoms with Gasteiger partial charge in [0.15, 0.2) is 5.78 Å². The summed E-state index contributed by atoms with van der Waals surface area (Å²) in [7, 11) is 0. The van der Waals surface area contributed by atoms with Crippen molar-refractivity contribution < 1.29 is 28.7 Å². The summed E-state index contributed by atoms with van der Waals surface area (Å²) in [6.45, 7) is 8.25. The van der Waals surface area contributed by atoms with Crippen LogP contribution in [0.15, 0.2) is 42.0 Å². The van der Waals surface area contributed by atoms with Gasteiger partial charge in [0.2, 0.25) is 17.7 Å². The van der Waals surface area contributed by atoms with Crippen molar-refractivity contribution >= 4 is 23.5 Å².